The molecule has 1 saturated carbocycles. The van der Waals surface area contributed by atoms with Crippen molar-refractivity contribution in [1.29, 1.82) is 0 Å². The van der Waals surface area contributed by atoms with Crippen molar-refractivity contribution in [2.45, 2.75) is 52.4 Å². The molecule has 2 atom stereocenters. The van der Waals surface area contributed by atoms with Crippen LogP contribution < -0.4 is 5.69 Å². The third-order valence-corrected chi connectivity index (χ3v) is 5.42. The molecule has 1 saturated heterocycles. The number of hydrogen-bond acceptors (Lipinski definition) is 3. The Labute approximate surface area is 131 Å². The number of aromatic amines is 1. The van der Waals surface area contributed by atoms with Crippen LogP contribution in [0.15, 0.2) is 4.79 Å². The number of nitrogens with one attached hydrogen (secondary N) is 1. The van der Waals surface area contributed by atoms with Gasteiger partial charge >= 0.3 is 5.69 Å². The normalized spacial score (nSPS) is 24.9. The summed E-state index contributed by atoms with van der Waals surface area (Å²) in [6, 6.07) is 0. The zero-order valence-electron chi connectivity index (χ0n) is 13.5. The van der Waals surface area contributed by atoms with Crippen LogP contribution in [0.1, 0.15) is 49.1 Å². The average molecular weight is 303 g/mol. The Bertz CT molecular complexity index is 597. The molecule has 5 heteroatoms. The van der Waals surface area contributed by atoms with Crippen molar-refractivity contribution in [3.8, 4) is 0 Å². The van der Waals surface area contributed by atoms with Crippen molar-refractivity contribution >= 4 is 5.91 Å². The summed E-state index contributed by atoms with van der Waals surface area (Å²) in [4.78, 5) is 32.6. The third-order valence-electron chi connectivity index (χ3n) is 5.42. The molecule has 1 aliphatic heterocycles. The summed E-state index contributed by atoms with van der Waals surface area (Å²) in [6.45, 7) is 5.44. The lowest BCUT2D eigenvalue weighted by atomic mass is 9.75. The van der Waals surface area contributed by atoms with Gasteiger partial charge in [0.1, 0.15) is 0 Å². The van der Waals surface area contributed by atoms with E-state index in [0.717, 1.165) is 36.7 Å². The monoisotopic (exact) mass is 303 g/mol. The fourth-order valence-electron chi connectivity index (χ4n) is 4.11. The predicted molar refractivity (Wildman–Crippen MR) is 84.7 cm³/mol. The van der Waals surface area contributed by atoms with Crippen LogP contribution in [0, 0.1) is 25.7 Å². The van der Waals surface area contributed by atoms with E-state index in [0.29, 0.717) is 18.0 Å². The van der Waals surface area contributed by atoms with Crippen LogP contribution in [-0.4, -0.2) is 33.9 Å². The smallest absolute Gasteiger partial charge is 0.342 e. The number of piperidine rings is 1. The number of aryl methyl sites for hydroxylation is 2. The van der Waals surface area contributed by atoms with Gasteiger partial charge in [-0.05, 0) is 38.5 Å². The van der Waals surface area contributed by atoms with Gasteiger partial charge in [0, 0.05) is 30.0 Å². The van der Waals surface area contributed by atoms with E-state index in [-0.39, 0.29) is 11.6 Å². The largest absolute Gasteiger partial charge is 0.345 e. The molecule has 1 aromatic heterocycles. The molecule has 1 N–H and O–H groups in total. The molecule has 1 aliphatic carbocycles. The first-order valence-electron chi connectivity index (χ1n) is 8.38. The molecule has 1 aromatic rings. The SMILES string of the molecule is Cc1nc(=O)[nH]c(C)c1CC(=O)N1CC[C@@H]2CCCC[C@H]2C1. The van der Waals surface area contributed by atoms with E-state index >= 15 is 0 Å². The van der Waals surface area contributed by atoms with Gasteiger partial charge in [0.15, 0.2) is 0 Å². The number of amides is 1. The molecule has 0 unspecified atom stereocenters. The second kappa shape index (κ2) is 6.23. The van der Waals surface area contributed by atoms with E-state index in [1.165, 1.54) is 25.7 Å². The van der Waals surface area contributed by atoms with Gasteiger partial charge < -0.3 is 9.88 Å². The zero-order chi connectivity index (χ0) is 15.7. The maximum atomic E-state index is 12.6. The zero-order valence-corrected chi connectivity index (χ0v) is 13.5. The van der Waals surface area contributed by atoms with E-state index in [4.69, 9.17) is 0 Å². The Morgan fingerprint density at radius 1 is 1.23 bits per heavy atom. The van der Waals surface area contributed by atoms with Crippen molar-refractivity contribution in [3.05, 3.63) is 27.4 Å². The fourth-order valence-corrected chi connectivity index (χ4v) is 4.11. The van der Waals surface area contributed by atoms with E-state index in [1.807, 2.05) is 11.8 Å². The maximum Gasteiger partial charge on any atom is 0.345 e. The quantitative estimate of drug-likeness (QED) is 0.908. The number of H-pyrrole nitrogens is 1. The summed E-state index contributed by atoms with van der Waals surface area (Å²) in [7, 11) is 0. The van der Waals surface area contributed by atoms with Crippen molar-refractivity contribution in [3.63, 3.8) is 0 Å². The van der Waals surface area contributed by atoms with Crippen LogP contribution in [0.3, 0.4) is 0 Å². The lowest BCUT2D eigenvalue weighted by Crippen LogP contribution is -2.45. The number of carbonyl (C=O) groups excluding carboxylic acids is 1. The number of rotatable bonds is 2. The summed E-state index contributed by atoms with van der Waals surface area (Å²) in [5.41, 5.74) is 1.96. The van der Waals surface area contributed by atoms with Crippen molar-refractivity contribution in [2.24, 2.45) is 11.8 Å². The van der Waals surface area contributed by atoms with Crippen molar-refractivity contribution in [1.82, 2.24) is 14.9 Å². The van der Waals surface area contributed by atoms with E-state index in [1.54, 1.807) is 6.92 Å². The van der Waals surface area contributed by atoms with Crippen LogP contribution >= 0.6 is 0 Å². The number of nitrogens with zero attached hydrogens (tertiary/aromatic N) is 2. The topological polar surface area (TPSA) is 66.1 Å². The standard InChI is InChI=1S/C17H25N3O2/c1-11-15(12(2)19-17(22)18-11)9-16(21)20-8-7-13-5-3-4-6-14(13)10-20/h13-14H,3-10H2,1-2H3,(H,18,19,22)/t13-,14-/m0/s1. The summed E-state index contributed by atoms with van der Waals surface area (Å²) in [5.74, 6) is 1.70. The minimum absolute atomic E-state index is 0.170. The fraction of sp³-hybridized carbons (Fsp3) is 0.706. The Kier molecular flexibility index (Phi) is 4.32. The number of aromatic nitrogens is 2. The van der Waals surface area contributed by atoms with Crippen molar-refractivity contribution < 1.29 is 4.79 Å². The van der Waals surface area contributed by atoms with Gasteiger partial charge in [-0.25, -0.2) is 4.79 Å². The number of hydrogen-bond donors (Lipinski definition) is 1. The molecule has 2 heterocycles. The summed E-state index contributed by atoms with van der Waals surface area (Å²) < 4.78 is 0. The molecular formula is C17H25N3O2. The Hall–Kier alpha value is -1.65. The van der Waals surface area contributed by atoms with Gasteiger partial charge in [-0.15, -0.1) is 0 Å². The predicted octanol–water partition coefficient (Wildman–Crippen LogP) is 1.97. The van der Waals surface area contributed by atoms with Gasteiger partial charge in [-0.3, -0.25) is 4.79 Å². The molecule has 0 aromatic carbocycles. The Morgan fingerprint density at radius 2 is 1.95 bits per heavy atom. The highest BCUT2D eigenvalue weighted by Crippen LogP contribution is 2.36. The van der Waals surface area contributed by atoms with Crippen LogP contribution in [0.2, 0.25) is 0 Å². The highest BCUT2D eigenvalue weighted by molar-refractivity contribution is 5.79. The van der Waals surface area contributed by atoms with Gasteiger partial charge in [-0.1, -0.05) is 19.3 Å². The highest BCUT2D eigenvalue weighted by Gasteiger charge is 2.33. The molecule has 0 bridgehead atoms. The number of likely N-dealkylation sites (tertiary alicyclic amines) is 1. The molecule has 22 heavy (non-hydrogen) atoms. The summed E-state index contributed by atoms with van der Waals surface area (Å²) in [6.07, 6.45) is 6.78. The van der Waals surface area contributed by atoms with Gasteiger partial charge in [-0.2, -0.15) is 4.98 Å². The molecule has 1 amide bonds. The van der Waals surface area contributed by atoms with Crippen LogP contribution in [0.25, 0.3) is 0 Å². The average Bonchev–Trinajstić information content (AvgIpc) is 2.50. The first-order valence-corrected chi connectivity index (χ1v) is 8.38. The minimum atomic E-state index is -0.339. The molecule has 5 nitrogen and oxygen atoms in total. The molecule has 0 radical (unpaired) electrons. The number of fused-ring (bicyclic) bond motifs is 1. The van der Waals surface area contributed by atoms with Crippen molar-refractivity contribution in [2.75, 3.05) is 13.1 Å². The lowest BCUT2D eigenvalue weighted by molar-refractivity contribution is -0.133. The maximum absolute atomic E-state index is 12.6. The van der Waals surface area contributed by atoms with Crippen LogP contribution in [0.4, 0.5) is 0 Å². The van der Waals surface area contributed by atoms with Gasteiger partial charge in [0.05, 0.1) is 6.42 Å². The molecular weight excluding hydrogens is 278 g/mol. The second-order valence-electron chi connectivity index (χ2n) is 6.84. The lowest BCUT2D eigenvalue weighted by Gasteiger charge is -2.41. The highest BCUT2D eigenvalue weighted by atomic mass is 16.2. The molecule has 3 rings (SSSR count). The molecule has 0 spiro atoms. The number of carbonyl (C=O) groups is 1. The van der Waals surface area contributed by atoms with Gasteiger partial charge in [0.2, 0.25) is 5.91 Å². The second-order valence-corrected chi connectivity index (χ2v) is 6.84. The third kappa shape index (κ3) is 3.08. The molecule has 2 aliphatic rings. The van der Waals surface area contributed by atoms with E-state index in [2.05, 4.69) is 9.97 Å². The molecule has 2 fully saturated rings. The summed E-state index contributed by atoms with van der Waals surface area (Å²) in [5, 5.41) is 0. The first-order chi connectivity index (χ1) is 10.5. The Balaban J connectivity index is 1.69. The van der Waals surface area contributed by atoms with Gasteiger partial charge in [0.25, 0.3) is 0 Å². The van der Waals surface area contributed by atoms with Crippen LogP contribution in [0.5, 0.6) is 0 Å². The first kappa shape index (κ1) is 15.3. The Morgan fingerprint density at radius 3 is 2.68 bits per heavy atom. The van der Waals surface area contributed by atoms with Crippen LogP contribution in [-0.2, 0) is 11.2 Å². The van der Waals surface area contributed by atoms with E-state index in [9.17, 15) is 9.59 Å². The molecule has 120 valence electrons. The summed E-state index contributed by atoms with van der Waals surface area (Å²) >= 11 is 0. The van der Waals surface area contributed by atoms with E-state index < -0.39 is 0 Å². The minimum Gasteiger partial charge on any atom is -0.342 e.